The highest BCUT2D eigenvalue weighted by molar-refractivity contribution is 7.95. The first-order chi connectivity index (χ1) is 4.55. The van der Waals surface area contributed by atoms with Crippen LogP contribution < -0.4 is 0 Å². The second-order valence-electron chi connectivity index (χ2n) is 2.80. The molecule has 0 saturated heterocycles. The summed E-state index contributed by atoms with van der Waals surface area (Å²) < 4.78 is 22.5. The summed E-state index contributed by atoms with van der Waals surface area (Å²) in [4.78, 5) is 0.641. The molecule has 0 bridgehead atoms. The van der Waals surface area contributed by atoms with Gasteiger partial charge in [0, 0.05) is 4.91 Å². The van der Waals surface area contributed by atoms with E-state index in [2.05, 4.69) is 0 Å². The number of sulfone groups is 1. The van der Waals surface area contributed by atoms with E-state index in [1.807, 2.05) is 0 Å². The summed E-state index contributed by atoms with van der Waals surface area (Å²) in [5.41, 5.74) is 0. The monoisotopic (exact) mass is 160 g/mol. The molecule has 0 spiro atoms. The van der Waals surface area contributed by atoms with Crippen molar-refractivity contribution in [1.29, 1.82) is 0 Å². The fraction of sp³-hybridized carbons (Fsp3) is 0.714. The third-order valence-electron chi connectivity index (χ3n) is 1.75. The van der Waals surface area contributed by atoms with E-state index in [1.165, 1.54) is 0 Å². The van der Waals surface area contributed by atoms with Crippen LogP contribution in [0.25, 0.3) is 0 Å². The van der Waals surface area contributed by atoms with Gasteiger partial charge in [0.25, 0.3) is 0 Å². The average molecular weight is 160 g/mol. The average Bonchev–Trinajstić information content (AvgIpc) is 1.57. The molecular weight excluding hydrogens is 148 g/mol. The van der Waals surface area contributed by atoms with E-state index < -0.39 is 9.84 Å². The maximum Gasteiger partial charge on any atom is 0.176 e. The first-order valence-corrected chi connectivity index (χ1v) is 5.02. The number of allylic oxidation sites excluding steroid dienone is 2. The quantitative estimate of drug-likeness (QED) is 0.613. The molecule has 0 fully saturated rings. The van der Waals surface area contributed by atoms with Gasteiger partial charge >= 0.3 is 0 Å². The van der Waals surface area contributed by atoms with Crippen molar-refractivity contribution in [3.05, 3.63) is 11.0 Å². The Balaban J connectivity index is 2.89. The molecule has 0 atom stereocenters. The van der Waals surface area contributed by atoms with Gasteiger partial charge in [-0.25, -0.2) is 8.42 Å². The molecule has 1 aliphatic carbocycles. The fourth-order valence-electron chi connectivity index (χ4n) is 0.823. The number of hydrogen-bond acceptors (Lipinski definition) is 2. The Bertz CT molecular complexity index is 247. The van der Waals surface area contributed by atoms with Crippen molar-refractivity contribution in [3.8, 4) is 0 Å². The second kappa shape index (κ2) is 2.38. The van der Waals surface area contributed by atoms with Crippen LogP contribution in [0.4, 0.5) is 0 Å². The molecule has 0 aromatic heterocycles. The zero-order valence-corrected chi connectivity index (χ0v) is 7.11. The van der Waals surface area contributed by atoms with E-state index in [-0.39, 0.29) is 5.25 Å². The van der Waals surface area contributed by atoms with E-state index in [9.17, 15) is 8.42 Å². The molecule has 2 nitrogen and oxygen atoms in total. The summed E-state index contributed by atoms with van der Waals surface area (Å²) in [5, 5.41) is -0.251. The van der Waals surface area contributed by atoms with Crippen molar-refractivity contribution in [3.63, 3.8) is 0 Å². The lowest BCUT2D eigenvalue weighted by molar-refractivity contribution is 0.589. The molecule has 0 aromatic rings. The van der Waals surface area contributed by atoms with Crippen LogP contribution in [0.15, 0.2) is 11.0 Å². The lowest BCUT2D eigenvalue weighted by atomic mass is 10.1. The van der Waals surface area contributed by atoms with E-state index in [1.54, 1.807) is 19.9 Å². The number of rotatable bonds is 2. The smallest absolute Gasteiger partial charge is 0.176 e. The molecule has 0 radical (unpaired) electrons. The van der Waals surface area contributed by atoms with Gasteiger partial charge in [0.05, 0.1) is 5.25 Å². The molecule has 0 N–H and O–H groups in total. The van der Waals surface area contributed by atoms with Crippen LogP contribution in [-0.2, 0) is 9.84 Å². The lowest BCUT2D eigenvalue weighted by Gasteiger charge is -2.16. The third kappa shape index (κ3) is 1.10. The molecule has 58 valence electrons. The molecule has 10 heavy (non-hydrogen) atoms. The Hall–Kier alpha value is -0.310. The first-order valence-electron chi connectivity index (χ1n) is 3.48. The van der Waals surface area contributed by atoms with Gasteiger partial charge in [-0.3, -0.25) is 0 Å². The normalized spacial score (nSPS) is 18.5. The molecule has 0 heterocycles. The van der Waals surface area contributed by atoms with Crippen molar-refractivity contribution >= 4 is 9.84 Å². The minimum Gasteiger partial charge on any atom is -0.224 e. The minimum absolute atomic E-state index is 0.251. The standard InChI is InChI=1S/C7H12O2S/c1-6(2)10(8,9)7-4-3-5-7/h4,6H,3,5H2,1-2H3. The van der Waals surface area contributed by atoms with Crippen molar-refractivity contribution < 1.29 is 8.42 Å². The van der Waals surface area contributed by atoms with Gasteiger partial charge in [-0.2, -0.15) is 0 Å². The Morgan fingerprint density at radius 1 is 1.50 bits per heavy atom. The first kappa shape index (κ1) is 7.79. The van der Waals surface area contributed by atoms with Crippen molar-refractivity contribution in [2.45, 2.75) is 31.9 Å². The Morgan fingerprint density at radius 3 is 2.10 bits per heavy atom. The summed E-state index contributed by atoms with van der Waals surface area (Å²) in [6, 6.07) is 0. The third-order valence-corrected chi connectivity index (χ3v) is 4.09. The van der Waals surface area contributed by atoms with Gasteiger partial charge in [-0.15, -0.1) is 0 Å². The largest absolute Gasteiger partial charge is 0.224 e. The molecule has 3 heteroatoms. The van der Waals surface area contributed by atoms with Gasteiger partial charge in [0.15, 0.2) is 9.84 Å². The highest BCUT2D eigenvalue weighted by Gasteiger charge is 2.24. The van der Waals surface area contributed by atoms with Gasteiger partial charge in [-0.05, 0) is 26.7 Å². The molecule has 1 aliphatic rings. The van der Waals surface area contributed by atoms with E-state index in [0.717, 1.165) is 12.8 Å². The molecule has 1 rings (SSSR count). The second-order valence-corrected chi connectivity index (χ2v) is 5.36. The Labute approximate surface area is 61.9 Å². The molecule has 0 amide bonds. The SMILES string of the molecule is CC(C)S(=O)(=O)C1=CCC1. The molecule has 0 aromatic carbocycles. The van der Waals surface area contributed by atoms with Crippen LogP contribution in [0.2, 0.25) is 0 Å². The maximum absolute atomic E-state index is 11.2. The fourth-order valence-corrected chi connectivity index (χ4v) is 2.18. The predicted molar refractivity (Wildman–Crippen MR) is 41.4 cm³/mol. The van der Waals surface area contributed by atoms with Gasteiger partial charge in [-0.1, -0.05) is 6.08 Å². The summed E-state index contributed by atoms with van der Waals surface area (Å²) in [6.45, 7) is 3.43. The van der Waals surface area contributed by atoms with Crippen LogP contribution in [0, 0.1) is 0 Å². The Kier molecular flexibility index (Phi) is 1.86. The van der Waals surface area contributed by atoms with Gasteiger partial charge in [0.2, 0.25) is 0 Å². The molecule has 0 saturated carbocycles. The van der Waals surface area contributed by atoms with Gasteiger partial charge in [0.1, 0.15) is 0 Å². The summed E-state index contributed by atoms with van der Waals surface area (Å²) >= 11 is 0. The molecular formula is C7H12O2S. The zero-order chi connectivity index (χ0) is 7.78. The highest BCUT2D eigenvalue weighted by atomic mass is 32.2. The van der Waals surface area contributed by atoms with Crippen LogP contribution in [0.1, 0.15) is 26.7 Å². The summed E-state index contributed by atoms with van der Waals surface area (Å²) in [6.07, 6.45) is 3.48. The van der Waals surface area contributed by atoms with Crippen molar-refractivity contribution in [2.24, 2.45) is 0 Å². The topological polar surface area (TPSA) is 34.1 Å². The minimum atomic E-state index is -2.88. The van der Waals surface area contributed by atoms with Crippen LogP contribution in [-0.4, -0.2) is 13.7 Å². The predicted octanol–water partition coefficient (Wildman–Crippen LogP) is 1.49. The lowest BCUT2D eigenvalue weighted by Crippen LogP contribution is -2.18. The molecule has 0 aliphatic heterocycles. The van der Waals surface area contributed by atoms with Crippen LogP contribution >= 0.6 is 0 Å². The van der Waals surface area contributed by atoms with E-state index >= 15 is 0 Å². The molecule has 0 unspecified atom stereocenters. The van der Waals surface area contributed by atoms with Crippen LogP contribution in [0.3, 0.4) is 0 Å². The Morgan fingerprint density at radius 2 is 2.00 bits per heavy atom. The highest BCUT2D eigenvalue weighted by Crippen LogP contribution is 2.26. The summed E-state index contributed by atoms with van der Waals surface area (Å²) in [7, 11) is -2.88. The maximum atomic E-state index is 11.2. The van der Waals surface area contributed by atoms with Crippen LogP contribution in [0.5, 0.6) is 0 Å². The zero-order valence-electron chi connectivity index (χ0n) is 6.29. The number of hydrogen-bond donors (Lipinski definition) is 0. The van der Waals surface area contributed by atoms with E-state index in [0.29, 0.717) is 4.91 Å². The van der Waals surface area contributed by atoms with Gasteiger partial charge < -0.3 is 0 Å². The van der Waals surface area contributed by atoms with E-state index in [4.69, 9.17) is 0 Å². The summed E-state index contributed by atoms with van der Waals surface area (Å²) in [5.74, 6) is 0. The van der Waals surface area contributed by atoms with Crippen molar-refractivity contribution in [2.75, 3.05) is 0 Å². The van der Waals surface area contributed by atoms with Crippen molar-refractivity contribution in [1.82, 2.24) is 0 Å².